The van der Waals surface area contributed by atoms with E-state index >= 15 is 0 Å². The van der Waals surface area contributed by atoms with Crippen molar-refractivity contribution in [1.82, 2.24) is 29.7 Å². The average molecular weight is 717 g/mol. The maximum absolute atomic E-state index is 13.8. The molecule has 51 heavy (non-hydrogen) atoms. The SMILES string of the molecule is FC(F)(F)c1cc(-c2cnc(O[C@H]3CN4CCC3CC4)nc2)cc(C(F)(F)F)c1.Fc1ccccc1-c1cnc(OC2CN3CCC2CC3)nc1. The van der Waals surface area contributed by atoms with Crippen LogP contribution in [0, 0.1) is 17.7 Å². The molecule has 6 aliphatic heterocycles. The Labute approximate surface area is 289 Å². The number of fused-ring (bicyclic) bond motifs is 6. The van der Waals surface area contributed by atoms with Gasteiger partial charge in [-0.1, -0.05) is 18.2 Å². The highest BCUT2D eigenvalue weighted by atomic mass is 19.4. The Hall–Kier alpha value is -4.37. The van der Waals surface area contributed by atoms with Gasteiger partial charge in [-0.2, -0.15) is 26.3 Å². The topological polar surface area (TPSA) is 76.5 Å². The first-order valence-electron chi connectivity index (χ1n) is 16.9. The lowest BCUT2D eigenvalue weighted by molar-refractivity contribution is -0.143. The molecule has 6 saturated heterocycles. The van der Waals surface area contributed by atoms with Gasteiger partial charge in [0.1, 0.15) is 18.0 Å². The molecule has 6 fully saturated rings. The minimum Gasteiger partial charge on any atom is -0.458 e. The summed E-state index contributed by atoms with van der Waals surface area (Å²) in [7, 11) is 0. The highest BCUT2D eigenvalue weighted by Gasteiger charge is 2.38. The van der Waals surface area contributed by atoms with Crippen LogP contribution in [0.3, 0.4) is 0 Å². The number of hydrogen-bond acceptors (Lipinski definition) is 8. The van der Waals surface area contributed by atoms with Gasteiger partial charge in [0.15, 0.2) is 0 Å². The van der Waals surface area contributed by atoms with Gasteiger partial charge in [-0.05, 0) is 93.5 Å². The van der Waals surface area contributed by atoms with E-state index in [4.69, 9.17) is 9.47 Å². The molecule has 0 N–H and O–H groups in total. The Balaban J connectivity index is 0.000000165. The summed E-state index contributed by atoms with van der Waals surface area (Å²) >= 11 is 0. The summed E-state index contributed by atoms with van der Waals surface area (Å²) < 4.78 is 104. The number of piperidine rings is 6. The first-order valence-corrected chi connectivity index (χ1v) is 16.9. The molecule has 6 aliphatic rings. The molecule has 1 unspecified atom stereocenters. The van der Waals surface area contributed by atoms with Crippen LogP contribution in [0.15, 0.2) is 67.3 Å². The van der Waals surface area contributed by atoms with Crippen molar-refractivity contribution in [1.29, 1.82) is 0 Å². The number of aromatic nitrogens is 4. The lowest BCUT2D eigenvalue weighted by atomic mass is 9.86. The lowest BCUT2D eigenvalue weighted by Gasteiger charge is -2.43. The molecule has 0 spiro atoms. The molecule has 0 aliphatic carbocycles. The second kappa shape index (κ2) is 14.3. The van der Waals surface area contributed by atoms with E-state index in [9.17, 15) is 30.7 Å². The van der Waals surface area contributed by atoms with Crippen LogP contribution in [0.25, 0.3) is 22.3 Å². The largest absolute Gasteiger partial charge is 0.458 e. The van der Waals surface area contributed by atoms with Gasteiger partial charge in [0.05, 0.1) is 11.1 Å². The summed E-state index contributed by atoms with van der Waals surface area (Å²) in [6.07, 6.45) is 0.347. The standard InChI is InChI=1S/C19H17F6N3O.C17H18FN3O/c20-18(21,22)14-5-12(6-15(7-14)19(23,24)25)13-8-26-17(27-9-13)29-16-10-28-3-1-11(16)2-4-28;18-15-4-2-1-3-14(15)13-9-19-17(20-10-13)22-16-11-21-7-5-12(16)6-8-21/h5-9,11,16H,1-4,10H2;1-4,9-10,12,16H,5-8,11H2/t16-;/m0./s1. The third-order valence-electron chi connectivity index (χ3n) is 10.1. The van der Waals surface area contributed by atoms with Crippen LogP contribution in [-0.2, 0) is 12.4 Å². The van der Waals surface area contributed by atoms with Crippen LogP contribution in [0.5, 0.6) is 12.0 Å². The Morgan fingerprint density at radius 3 is 1.39 bits per heavy atom. The molecule has 270 valence electrons. The molecule has 2 atom stereocenters. The highest BCUT2D eigenvalue weighted by molar-refractivity contribution is 5.64. The number of benzene rings is 2. The van der Waals surface area contributed by atoms with Crippen LogP contribution < -0.4 is 9.47 Å². The lowest BCUT2D eigenvalue weighted by Crippen LogP contribution is -2.52. The fraction of sp³-hybridized carbons (Fsp3) is 0.444. The number of hydrogen-bond donors (Lipinski definition) is 0. The van der Waals surface area contributed by atoms with Crippen molar-refractivity contribution in [3.63, 3.8) is 0 Å². The molecule has 0 saturated carbocycles. The van der Waals surface area contributed by atoms with Gasteiger partial charge in [0.2, 0.25) is 0 Å². The number of halogens is 7. The third-order valence-corrected chi connectivity index (χ3v) is 10.1. The van der Waals surface area contributed by atoms with Crippen molar-refractivity contribution >= 4 is 0 Å². The summed E-state index contributed by atoms with van der Waals surface area (Å²) in [4.78, 5) is 21.2. The first kappa shape index (κ1) is 35.1. The third kappa shape index (κ3) is 8.25. The van der Waals surface area contributed by atoms with Gasteiger partial charge in [-0.3, -0.25) is 9.80 Å². The molecule has 4 aromatic rings. The van der Waals surface area contributed by atoms with Crippen LogP contribution in [0.2, 0.25) is 0 Å². The molecule has 10 rings (SSSR count). The van der Waals surface area contributed by atoms with Crippen LogP contribution in [0.1, 0.15) is 36.8 Å². The Morgan fingerprint density at radius 2 is 1.00 bits per heavy atom. The predicted octanol–water partition coefficient (Wildman–Crippen LogP) is 7.41. The van der Waals surface area contributed by atoms with Crippen molar-refractivity contribution < 1.29 is 40.2 Å². The molecule has 8 nitrogen and oxygen atoms in total. The van der Waals surface area contributed by atoms with Crippen molar-refractivity contribution in [3.05, 3.63) is 84.2 Å². The summed E-state index contributed by atoms with van der Waals surface area (Å²) in [6, 6.07) is 8.49. The Bertz CT molecular complexity index is 1760. The van der Waals surface area contributed by atoms with E-state index in [1.54, 1.807) is 30.6 Å². The summed E-state index contributed by atoms with van der Waals surface area (Å²) in [6.45, 7) is 6.14. The summed E-state index contributed by atoms with van der Waals surface area (Å²) in [5, 5.41) is 0. The molecule has 4 bridgehead atoms. The zero-order chi connectivity index (χ0) is 35.8. The molecule has 8 heterocycles. The molecule has 0 radical (unpaired) electrons. The fourth-order valence-electron chi connectivity index (χ4n) is 7.22. The molecular formula is C36H35F7N6O2. The number of ether oxygens (including phenoxy) is 2. The van der Waals surface area contributed by atoms with Crippen molar-refractivity contribution in [2.45, 2.75) is 50.2 Å². The zero-order valence-corrected chi connectivity index (χ0v) is 27.4. The van der Waals surface area contributed by atoms with Gasteiger partial charge < -0.3 is 9.47 Å². The van der Waals surface area contributed by atoms with E-state index in [-0.39, 0.29) is 41.2 Å². The van der Waals surface area contributed by atoms with Crippen LogP contribution in [-0.4, -0.2) is 81.2 Å². The second-order valence-electron chi connectivity index (χ2n) is 13.4. The fourth-order valence-corrected chi connectivity index (χ4v) is 7.22. The monoisotopic (exact) mass is 716 g/mol. The highest BCUT2D eigenvalue weighted by Crippen LogP contribution is 2.39. The van der Waals surface area contributed by atoms with Gasteiger partial charge in [0.25, 0.3) is 0 Å². The molecule has 2 aromatic heterocycles. The van der Waals surface area contributed by atoms with Gasteiger partial charge in [-0.15, -0.1) is 0 Å². The predicted molar refractivity (Wildman–Crippen MR) is 172 cm³/mol. The van der Waals surface area contributed by atoms with Crippen molar-refractivity contribution in [2.24, 2.45) is 11.8 Å². The average Bonchev–Trinajstić information content (AvgIpc) is 3.13. The van der Waals surface area contributed by atoms with Crippen LogP contribution in [0.4, 0.5) is 30.7 Å². The molecule has 2 aromatic carbocycles. The van der Waals surface area contributed by atoms with E-state index in [0.717, 1.165) is 39.0 Å². The Morgan fingerprint density at radius 1 is 0.569 bits per heavy atom. The van der Waals surface area contributed by atoms with E-state index < -0.39 is 23.5 Å². The Kier molecular flexibility index (Phi) is 9.85. The second-order valence-corrected chi connectivity index (χ2v) is 13.4. The quantitative estimate of drug-likeness (QED) is 0.191. The normalized spacial score (nSPS) is 25.5. The summed E-state index contributed by atoms with van der Waals surface area (Å²) in [5.74, 6) is 0.748. The van der Waals surface area contributed by atoms with E-state index in [0.29, 0.717) is 41.1 Å². The molecular weight excluding hydrogens is 681 g/mol. The number of alkyl halides is 6. The van der Waals surface area contributed by atoms with Gasteiger partial charge in [0, 0.05) is 54.6 Å². The van der Waals surface area contributed by atoms with E-state index in [1.165, 1.54) is 44.4 Å². The van der Waals surface area contributed by atoms with Crippen LogP contribution >= 0.6 is 0 Å². The number of nitrogens with zero attached hydrogens (tertiary/aromatic N) is 6. The van der Waals surface area contributed by atoms with Crippen molar-refractivity contribution in [2.75, 3.05) is 39.3 Å². The van der Waals surface area contributed by atoms with Gasteiger partial charge >= 0.3 is 24.4 Å². The molecule has 15 heteroatoms. The minimum absolute atomic E-state index is 0.0443. The van der Waals surface area contributed by atoms with Gasteiger partial charge in [-0.25, -0.2) is 24.3 Å². The zero-order valence-electron chi connectivity index (χ0n) is 27.4. The maximum Gasteiger partial charge on any atom is 0.416 e. The van der Waals surface area contributed by atoms with E-state index in [1.807, 2.05) is 0 Å². The van der Waals surface area contributed by atoms with Crippen molar-refractivity contribution in [3.8, 4) is 34.3 Å². The molecule has 0 amide bonds. The smallest absolute Gasteiger partial charge is 0.416 e. The maximum atomic E-state index is 13.8. The van der Waals surface area contributed by atoms with E-state index in [2.05, 4.69) is 29.7 Å². The minimum atomic E-state index is -4.91. The summed E-state index contributed by atoms with van der Waals surface area (Å²) in [5.41, 5.74) is -1.80. The first-order chi connectivity index (χ1) is 24.4. The number of rotatable bonds is 6.